The van der Waals surface area contributed by atoms with Crippen molar-refractivity contribution in [2.45, 2.75) is 199 Å². The highest BCUT2D eigenvalue weighted by Crippen LogP contribution is 2.53. The van der Waals surface area contributed by atoms with Crippen LogP contribution in [0.15, 0.2) is 125 Å². The third-order valence-corrected chi connectivity index (χ3v) is 19.0. The maximum absolute atomic E-state index is 8.06. The summed E-state index contributed by atoms with van der Waals surface area (Å²) < 4.78 is 8.20. The summed E-state index contributed by atoms with van der Waals surface area (Å²) >= 11 is 0. The molecule has 1 spiro atoms. The number of benzene rings is 3. The molecule has 392 valence electrons. The van der Waals surface area contributed by atoms with Crippen LogP contribution in [0.5, 0.6) is 0 Å². The molecule has 6 unspecified atom stereocenters. The first-order valence-electron chi connectivity index (χ1n) is 30.0. The van der Waals surface area contributed by atoms with E-state index in [1.165, 1.54) is 143 Å². The molecule has 0 amide bonds. The van der Waals surface area contributed by atoms with Gasteiger partial charge in [-0.25, -0.2) is 0 Å². The standard InChI is InChI=1S/C70H87N5/c1-7-11-25-48(5)45-65(74-60-34-17-13-30-55(60)66(62(74)24-9-3)50(10-4)26-12-8-2)52-28-21-29-53(46-52)69(75-61-35-18-14-31-56(61)67-54-40-39-51(54)27-22-36-63(67)75)58(71)41-38-49(6)47-73-59-33-16-15-32-57(59)68-64(73)37-23-44-72-70(68)42-19-20-43-70/h9,13-18,22-24,27,30-37,44,49-50,53-54,58,69H,5,7-8,10-12,19-21,25-26,28-29,38-43,45-47,71H2,1-4,6H3/b24-9-,65-52+. The van der Waals surface area contributed by atoms with Crippen LogP contribution in [0.25, 0.3) is 56.6 Å². The molecule has 6 aromatic rings. The SMILES string of the molecule is C=C(CCCC)C/C(=C1/CCCC(C(C(N)CCC(C)Cn2c3c(c4ccccc42)C2(CCCC2)N=CC=C3)n2c3c(c4ccccc42)C2CCC2=CC=C3)C1)n1c(/C=C\C)c(C(CC)CCCC)c2ccccc21. The number of nitrogens with two attached hydrogens (primary N) is 1. The number of para-hydroxylation sites is 3. The van der Waals surface area contributed by atoms with Gasteiger partial charge in [0.15, 0.2) is 0 Å². The zero-order valence-corrected chi connectivity index (χ0v) is 46.4. The molecule has 5 heteroatoms. The van der Waals surface area contributed by atoms with Gasteiger partial charge in [-0.15, -0.1) is 0 Å². The minimum Gasteiger partial charge on any atom is -0.340 e. The van der Waals surface area contributed by atoms with Crippen LogP contribution in [-0.2, 0) is 12.1 Å². The molecule has 6 atom stereocenters. The smallest absolute Gasteiger partial charge is 0.0883 e. The van der Waals surface area contributed by atoms with Crippen LogP contribution < -0.4 is 5.73 Å². The predicted molar refractivity (Wildman–Crippen MR) is 324 cm³/mol. The van der Waals surface area contributed by atoms with Gasteiger partial charge in [0.05, 0.1) is 17.1 Å². The second-order valence-electron chi connectivity index (χ2n) is 23.8. The number of fused-ring (bicyclic) bond motifs is 10. The van der Waals surface area contributed by atoms with Crippen molar-refractivity contribution in [3.8, 4) is 0 Å². The Labute approximate surface area is 450 Å². The van der Waals surface area contributed by atoms with Crippen LogP contribution in [0.3, 0.4) is 0 Å². The summed E-state index contributed by atoms with van der Waals surface area (Å²) in [7, 11) is 0. The second-order valence-corrected chi connectivity index (χ2v) is 23.8. The molecule has 75 heavy (non-hydrogen) atoms. The summed E-state index contributed by atoms with van der Waals surface area (Å²) in [5.74, 6) is 1.80. The molecule has 5 aliphatic rings. The summed E-state index contributed by atoms with van der Waals surface area (Å²) in [6.45, 7) is 17.6. The number of aromatic nitrogens is 3. The minimum absolute atomic E-state index is 0.0276. The predicted octanol–water partition coefficient (Wildman–Crippen LogP) is 19.2. The number of nitrogens with zero attached hydrogens (tertiary/aromatic N) is 4. The third-order valence-electron chi connectivity index (χ3n) is 19.0. The normalized spacial score (nSPS) is 21.2. The molecule has 0 bridgehead atoms. The maximum Gasteiger partial charge on any atom is 0.0883 e. The summed E-state index contributed by atoms with van der Waals surface area (Å²) in [5.41, 5.74) is 26.8. The van der Waals surface area contributed by atoms with Gasteiger partial charge in [-0.3, -0.25) is 4.99 Å². The van der Waals surface area contributed by atoms with E-state index in [1.54, 1.807) is 16.7 Å². The van der Waals surface area contributed by atoms with Crippen molar-refractivity contribution >= 4 is 62.8 Å². The second kappa shape index (κ2) is 22.5. The van der Waals surface area contributed by atoms with Gasteiger partial charge < -0.3 is 19.4 Å². The summed E-state index contributed by atoms with van der Waals surface area (Å²) in [6.07, 6.45) is 41.5. The van der Waals surface area contributed by atoms with E-state index in [0.29, 0.717) is 23.7 Å². The first kappa shape index (κ1) is 51.5. The molecule has 5 nitrogen and oxygen atoms in total. The molecule has 3 saturated carbocycles. The van der Waals surface area contributed by atoms with Crippen molar-refractivity contribution in [3.05, 3.63) is 154 Å². The Morgan fingerprint density at radius 2 is 1.55 bits per heavy atom. The molecule has 2 N–H and O–H groups in total. The fraction of sp³-hybridized carbons (Fsp3) is 0.471. The molecule has 3 aromatic carbocycles. The zero-order valence-electron chi connectivity index (χ0n) is 46.4. The Bertz CT molecular complexity index is 3230. The quantitative estimate of drug-likeness (QED) is 0.0761. The van der Waals surface area contributed by atoms with E-state index in [4.69, 9.17) is 17.3 Å². The topological polar surface area (TPSA) is 53.2 Å². The lowest BCUT2D eigenvalue weighted by Crippen LogP contribution is -2.39. The molecule has 3 fully saturated rings. The first-order valence-corrected chi connectivity index (χ1v) is 30.0. The summed E-state index contributed by atoms with van der Waals surface area (Å²) in [5, 5.41) is 4.24. The number of hydrogen-bond acceptors (Lipinski definition) is 2. The number of allylic oxidation sites excluding steroid dienone is 8. The van der Waals surface area contributed by atoms with Gasteiger partial charge in [0.25, 0.3) is 0 Å². The Morgan fingerprint density at radius 3 is 2.29 bits per heavy atom. The lowest BCUT2D eigenvalue weighted by atomic mass is 9.74. The van der Waals surface area contributed by atoms with Gasteiger partial charge in [-0.1, -0.05) is 150 Å². The molecule has 4 heterocycles. The van der Waals surface area contributed by atoms with Crippen LogP contribution in [0.1, 0.15) is 215 Å². The van der Waals surface area contributed by atoms with Gasteiger partial charge in [0, 0.05) is 86.7 Å². The molecule has 1 aliphatic heterocycles. The largest absolute Gasteiger partial charge is 0.340 e. The number of unbranched alkanes of at least 4 members (excludes halogenated alkanes) is 2. The number of rotatable bonds is 20. The van der Waals surface area contributed by atoms with Crippen molar-refractivity contribution < 1.29 is 0 Å². The fourth-order valence-corrected chi connectivity index (χ4v) is 15.2. The van der Waals surface area contributed by atoms with E-state index < -0.39 is 0 Å². The Hall–Kier alpha value is -5.65. The van der Waals surface area contributed by atoms with Gasteiger partial charge in [0.1, 0.15) is 0 Å². The molecule has 0 saturated heterocycles. The van der Waals surface area contributed by atoms with Crippen molar-refractivity contribution in [3.63, 3.8) is 0 Å². The van der Waals surface area contributed by atoms with E-state index in [9.17, 15) is 0 Å². The van der Waals surface area contributed by atoms with E-state index in [-0.39, 0.29) is 17.6 Å². The monoisotopic (exact) mass is 998 g/mol. The molecule has 0 radical (unpaired) electrons. The van der Waals surface area contributed by atoms with Crippen molar-refractivity contribution in [2.75, 3.05) is 0 Å². The van der Waals surface area contributed by atoms with E-state index in [1.807, 2.05) is 0 Å². The number of hydrogen-bond donors (Lipinski definition) is 1. The molecular weight excluding hydrogens is 911 g/mol. The van der Waals surface area contributed by atoms with Gasteiger partial charge in [-0.2, -0.15) is 0 Å². The van der Waals surface area contributed by atoms with Crippen LogP contribution in [0, 0.1) is 11.8 Å². The minimum atomic E-state index is -0.113. The van der Waals surface area contributed by atoms with Crippen molar-refractivity contribution in [1.29, 1.82) is 0 Å². The summed E-state index contributed by atoms with van der Waals surface area (Å²) in [4.78, 5) is 5.30. The van der Waals surface area contributed by atoms with E-state index in [2.05, 4.69) is 170 Å². The van der Waals surface area contributed by atoms with Crippen LogP contribution >= 0.6 is 0 Å². The average molecular weight is 999 g/mol. The van der Waals surface area contributed by atoms with Gasteiger partial charge in [-0.05, 0) is 174 Å². The highest BCUT2D eigenvalue weighted by molar-refractivity contribution is 5.94. The Morgan fingerprint density at radius 1 is 0.813 bits per heavy atom. The average Bonchev–Trinajstić information content (AvgIpc) is 4.15. The third kappa shape index (κ3) is 9.57. The molecule has 3 aromatic heterocycles. The van der Waals surface area contributed by atoms with Gasteiger partial charge >= 0.3 is 0 Å². The number of aliphatic imine (C=N–C) groups is 1. The lowest BCUT2D eigenvalue weighted by molar-refractivity contribution is 0.232. The van der Waals surface area contributed by atoms with Crippen LogP contribution in [0.2, 0.25) is 0 Å². The van der Waals surface area contributed by atoms with Crippen LogP contribution in [-0.4, -0.2) is 26.0 Å². The van der Waals surface area contributed by atoms with Crippen LogP contribution in [0.4, 0.5) is 0 Å². The molecule has 11 rings (SSSR count). The zero-order chi connectivity index (χ0) is 51.6. The first-order chi connectivity index (χ1) is 36.8. The highest BCUT2D eigenvalue weighted by atomic mass is 15.1. The highest BCUT2D eigenvalue weighted by Gasteiger charge is 2.42. The van der Waals surface area contributed by atoms with Crippen molar-refractivity contribution in [1.82, 2.24) is 13.7 Å². The maximum atomic E-state index is 8.06. The molecule has 4 aliphatic carbocycles. The van der Waals surface area contributed by atoms with E-state index >= 15 is 0 Å². The fourth-order valence-electron chi connectivity index (χ4n) is 15.2. The Kier molecular flexibility index (Phi) is 15.4. The van der Waals surface area contributed by atoms with Crippen molar-refractivity contribution in [2.24, 2.45) is 22.6 Å². The molecular formula is C70H87N5. The lowest BCUT2D eigenvalue weighted by Gasteiger charge is -2.39. The Balaban J connectivity index is 1.01. The summed E-state index contributed by atoms with van der Waals surface area (Å²) in [6, 6.07) is 28.0. The van der Waals surface area contributed by atoms with Gasteiger partial charge in [0.2, 0.25) is 0 Å². The van der Waals surface area contributed by atoms with E-state index in [0.717, 1.165) is 64.3 Å².